The van der Waals surface area contributed by atoms with Crippen LogP contribution in [-0.4, -0.2) is 51.6 Å². The lowest BCUT2D eigenvalue weighted by molar-refractivity contribution is 0.208. The molecule has 0 radical (unpaired) electrons. The van der Waals surface area contributed by atoms with Gasteiger partial charge in [-0.05, 0) is 18.2 Å². The lowest BCUT2D eigenvalue weighted by atomic mass is 10.2. The van der Waals surface area contributed by atoms with E-state index in [1.165, 1.54) is 22.2 Å². The number of thiazole rings is 1. The fraction of sp³-hybridized carbons (Fsp3) is 0.294. The Morgan fingerprint density at radius 2 is 2.00 bits per heavy atom. The van der Waals surface area contributed by atoms with E-state index in [2.05, 4.69) is 20.2 Å². The number of rotatable bonds is 2. The summed E-state index contributed by atoms with van der Waals surface area (Å²) in [5.74, 6) is 0. The molecule has 0 aliphatic carbocycles. The van der Waals surface area contributed by atoms with Crippen LogP contribution < -0.4 is 15.8 Å². The summed E-state index contributed by atoms with van der Waals surface area (Å²) in [6.07, 6.45) is 3.20. The highest BCUT2D eigenvalue weighted by Gasteiger charge is 2.22. The molecular formula is C17H18N6O2S. The second-order valence-electron chi connectivity index (χ2n) is 6.10. The van der Waals surface area contributed by atoms with Crippen LogP contribution in [0.2, 0.25) is 0 Å². The lowest BCUT2D eigenvalue weighted by Crippen LogP contribution is -2.50. The fourth-order valence-corrected chi connectivity index (χ4v) is 3.54. The molecule has 0 spiro atoms. The number of anilines is 2. The second kappa shape index (κ2) is 6.75. The summed E-state index contributed by atoms with van der Waals surface area (Å²) in [4.78, 5) is 36.8. The van der Waals surface area contributed by atoms with Crippen molar-refractivity contribution in [1.82, 2.24) is 19.4 Å². The molecule has 0 bridgehead atoms. The summed E-state index contributed by atoms with van der Waals surface area (Å²) < 4.78 is 1.47. The first-order valence-corrected chi connectivity index (χ1v) is 9.15. The second-order valence-corrected chi connectivity index (χ2v) is 7.00. The van der Waals surface area contributed by atoms with Gasteiger partial charge in [0, 0.05) is 50.5 Å². The largest absolute Gasteiger partial charge is 0.368 e. The zero-order valence-electron chi connectivity index (χ0n) is 14.3. The summed E-state index contributed by atoms with van der Waals surface area (Å²) in [7, 11) is 1.69. The van der Waals surface area contributed by atoms with Gasteiger partial charge in [0.15, 0.2) is 5.13 Å². The average molecular weight is 370 g/mol. The number of nitrogens with zero attached hydrogens (tertiary/aromatic N) is 5. The van der Waals surface area contributed by atoms with Gasteiger partial charge in [-0.1, -0.05) is 0 Å². The number of aromatic nitrogens is 3. The minimum Gasteiger partial charge on any atom is -0.368 e. The molecule has 4 rings (SSSR count). The van der Waals surface area contributed by atoms with Crippen LogP contribution >= 0.6 is 11.3 Å². The van der Waals surface area contributed by atoms with Crippen molar-refractivity contribution < 1.29 is 4.79 Å². The van der Waals surface area contributed by atoms with Gasteiger partial charge in [-0.25, -0.2) is 14.8 Å². The maximum absolute atomic E-state index is 12.3. The summed E-state index contributed by atoms with van der Waals surface area (Å²) in [6.45, 7) is 2.70. The number of hydrogen-bond donors (Lipinski definition) is 1. The number of carbonyl (C=O) groups excluding carboxylic acids is 1. The van der Waals surface area contributed by atoms with E-state index >= 15 is 0 Å². The van der Waals surface area contributed by atoms with Crippen molar-refractivity contribution in [2.75, 3.05) is 36.4 Å². The molecule has 3 heterocycles. The van der Waals surface area contributed by atoms with E-state index in [4.69, 9.17) is 0 Å². The zero-order valence-corrected chi connectivity index (χ0v) is 15.1. The molecule has 8 nitrogen and oxygen atoms in total. The SMILES string of the molecule is Cn1cnc2cc(N3CCN(C(=O)Nc4nccs4)CC3)ccc2c1=O. The van der Waals surface area contributed by atoms with Crippen LogP contribution in [0, 0.1) is 0 Å². The Balaban J connectivity index is 1.44. The van der Waals surface area contributed by atoms with Crippen LogP contribution in [0.25, 0.3) is 10.9 Å². The van der Waals surface area contributed by atoms with E-state index in [9.17, 15) is 9.59 Å². The Labute approximate surface area is 153 Å². The van der Waals surface area contributed by atoms with Crippen molar-refractivity contribution in [3.63, 3.8) is 0 Å². The molecule has 1 saturated heterocycles. The Morgan fingerprint density at radius 1 is 1.19 bits per heavy atom. The molecule has 3 aromatic rings. The van der Waals surface area contributed by atoms with E-state index in [-0.39, 0.29) is 11.6 Å². The molecule has 1 aromatic carbocycles. The molecule has 2 aromatic heterocycles. The maximum atomic E-state index is 12.3. The molecule has 1 aliphatic rings. The standard InChI is InChI=1S/C17H18N6O2S/c1-21-11-19-14-10-12(2-3-13(14)15(21)24)22-5-7-23(8-6-22)17(25)20-16-18-4-9-26-16/h2-4,9-11H,5-8H2,1H3,(H,18,20,25). The number of nitrogens with one attached hydrogen (secondary N) is 1. The van der Waals surface area contributed by atoms with E-state index in [1.54, 1.807) is 18.1 Å². The van der Waals surface area contributed by atoms with Crippen molar-refractivity contribution in [1.29, 1.82) is 0 Å². The van der Waals surface area contributed by atoms with Gasteiger partial charge in [0.25, 0.3) is 5.56 Å². The first kappa shape index (κ1) is 16.5. The van der Waals surface area contributed by atoms with Gasteiger partial charge in [0.1, 0.15) is 0 Å². The van der Waals surface area contributed by atoms with E-state index in [1.807, 2.05) is 23.6 Å². The number of benzene rings is 1. The van der Waals surface area contributed by atoms with Crippen molar-refractivity contribution in [3.05, 3.63) is 46.5 Å². The van der Waals surface area contributed by atoms with Gasteiger partial charge in [0.05, 0.1) is 17.2 Å². The van der Waals surface area contributed by atoms with E-state index in [0.717, 1.165) is 18.8 Å². The Kier molecular flexibility index (Phi) is 4.29. The number of urea groups is 1. The first-order chi connectivity index (χ1) is 12.6. The smallest absolute Gasteiger partial charge is 0.323 e. The monoisotopic (exact) mass is 370 g/mol. The minimum atomic E-state index is -0.122. The highest BCUT2D eigenvalue weighted by atomic mass is 32.1. The number of amides is 2. The molecule has 1 N–H and O–H groups in total. The van der Waals surface area contributed by atoms with Crippen molar-refractivity contribution >= 4 is 39.1 Å². The molecule has 26 heavy (non-hydrogen) atoms. The molecule has 0 atom stereocenters. The lowest BCUT2D eigenvalue weighted by Gasteiger charge is -2.35. The Morgan fingerprint density at radius 3 is 2.73 bits per heavy atom. The van der Waals surface area contributed by atoms with Gasteiger partial charge in [0.2, 0.25) is 0 Å². The van der Waals surface area contributed by atoms with Gasteiger partial charge >= 0.3 is 6.03 Å². The summed E-state index contributed by atoms with van der Waals surface area (Å²) in [6, 6.07) is 5.57. The fourth-order valence-electron chi connectivity index (χ4n) is 3.02. The van der Waals surface area contributed by atoms with Gasteiger partial charge < -0.3 is 14.4 Å². The van der Waals surface area contributed by atoms with Crippen LogP contribution in [0.15, 0.2) is 40.9 Å². The Hall–Kier alpha value is -2.94. The predicted octanol–water partition coefficient (Wildman–Crippen LogP) is 1.74. The molecule has 2 amide bonds. The summed E-state index contributed by atoms with van der Waals surface area (Å²) in [5, 5.41) is 5.86. The summed E-state index contributed by atoms with van der Waals surface area (Å²) in [5.41, 5.74) is 1.65. The average Bonchev–Trinajstić information content (AvgIpc) is 3.17. The highest BCUT2D eigenvalue weighted by molar-refractivity contribution is 7.13. The third kappa shape index (κ3) is 3.13. The number of fused-ring (bicyclic) bond motifs is 1. The van der Waals surface area contributed by atoms with Crippen molar-refractivity contribution in [2.24, 2.45) is 7.05 Å². The maximum Gasteiger partial charge on any atom is 0.323 e. The molecule has 0 saturated carbocycles. The molecular weight excluding hydrogens is 352 g/mol. The molecule has 134 valence electrons. The van der Waals surface area contributed by atoms with Gasteiger partial charge in [-0.3, -0.25) is 10.1 Å². The Bertz CT molecular complexity index is 992. The minimum absolute atomic E-state index is 0.0507. The van der Waals surface area contributed by atoms with E-state index in [0.29, 0.717) is 29.1 Å². The van der Waals surface area contributed by atoms with Crippen LogP contribution in [0.5, 0.6) is 0 Å². The number of carbonyl (C=O) groups is 1. The topological polar surface area (TPSA) is 83.4 Å². The van der Waals surface area contributed by atoms with Crippen molar-refractivity contribution in [3.8, 4) is 0 Å². The van der Waals surface area contributed by atoms with Crippen LogP contribution in [0.1, 0.15) is 0 Å². The third-order valence-corrected chi connectivity index (χ3v) is 5.17. The zero-order chi connectivity index (χ0) is 18.1. The number of hydrogen-bond acceptors (Lipinski definition) is 6. The van der Waals surface area contributed by atoms with Crippen LogP contribution in [0.3, 0.4) is 0 Å². The first-order valence-electron chi connectivity index (χ1n) is 8.27. The number of piperazine rings is 1. The van der Waals surface area contributed by atoms with Gasteiger partial charge in [-0.2, -0.15) is 0 Å². The molecule has 0 unspecified atom stereocenters. The van der Waals surface area contributed by atoms with Crippen LogP contribution in [-0.2, 0) is 7.05 Å². The molecule has 1 aliphatic heterocycles. The number of aryl methyl sites for hydroxylation is 1. The summed E-state index contributed by atoms with van der Waals surface area (Å²) >= 11 is 1.40. The highest BCUT2D eigenvalue weighted by Crippen LogP contribution is 2.21. The van der Waals surface area contributed by atoms with E-state index < -0.39 is 0 Å². The van der Waals surface area contributed by atoms with Crippen LogP contribution in [0.4, 0.5) is 15.6 Å². The van der Waals surface area contributed by atoms with Gasteiger partial charge in [-0.15, -0.1) is 11.3 Å². The third-order valence-electron chi connectivity index (χ3n) is 4.48. The molecule has 9 heteroatoms. The molecule has 1 fully saturated rings. The van der Waals surface area contributed by atoms with Crippen molar-refractivity contribution in [2.45, 2.75) is 0 Å². The quantitative estimate of drug-likeness (QED) is 0.743. The predicted molar refractivity (Wildman–Crippen MR) is 102 cm³/mol. The normalized spacial score (nSPS) is 14.7.